The number of hydrogen-bond acceptors (Lipinski definition) is 3. The SMILES string of the molecule is CN1C=Cc2c(c3ccccc3n2-c2cccc(-c3cc(C4=c5ccccc5=CC5C=CC=CC45C)nc(-c4ccccn4)c3)c2)C1. The Kier molecular flexibility index (Phi) is 6.26. The van der Waals surface area contributed by atoms with Crippen molar-refractivity contribution in [3.05, 3.63) is 167 Å². The maximum Gasteiger partial charge on any atom is 0.0899 e. The molecule has 4 nitrogen and oxygen atoms in total. The van der Waals surface area contributed by atoms with E-state index in [1.54, 1.807) is 0 Å². The number of pyridine rings is 2. The molecular weight excluding hydrogens is 573 g/mol. The summed E-state index contributed by atoms with van der Waals surface area (Å²) in [7, 11) is 2.13. The summed E-state index contributed by atoms with van der Waals surface area (Å²) in [5.41, 5.74) is 11.0. The average Bonchev–Trinajstić information content (AvgIpc) is 3.44. The number of rotatable bonds is 4. The summed E-state index contributed by atoms with van der Waals surface area (Å²) in [4.78, 5) is 12.4. The van der Waals surface area contributed by atoms with E-state index >= 15 is 0 Å². The predicted molar refractivity (Wildman–Crippen MR) is 193 cm³/mol. The third-order valence-corrected chi connectivity index (χ3v) is 10.1. The summed E-state index contributed by atoms with van der Waals surface area (Å²) in [6, 6.07) is 36.9. The van der Waals surface area contributed by atoms with Crippen molar-refractivity contribution in [2.75, 3.05) is 7.05 Å². The molecule has 0 amide bonds. The summed E-state index contributed by atoms with van der Waals surface area (Å²) in [6.45, 7) is 3.24. The third-order valence-electron chi connectivity index (χ3n) is 10.1. The van der Waals surface area contributed by atoms with Gasteiger partial charge in [-0.25, -0.2) is 4.98 Å². The van der Waals surface area contributed by atoms with E-state index in [-0.39, 0.29) is 11.3 Å². The number of hydrogen-bond donors (Lipinski definition) is 0. The molecule has 0 radical (unpaired) electrons. The molecule has 4 heteroatoms. The Morgan fingerprint density at radius 3 is 2.55 bits per heavy atom. The molecule has 0 fully saturated rings. The number of fused-ring (bicyclic) bond motifs is 5. The molecule has 6 aromatic rings. The Bertz CT molecular complexity index is 2430. The van der Waals surface area contributed by atoms with Gasteiger partial charge in [0.05, 0.1) is 28.3 Å². The highest BCUT2D eigenvalue weighted by atomic mass is 15.1. The Morgan fingerprint density at radius 2 is 1.64 bits per heavy atom. The first-order chi connectivity index (χ1) is 23.1. The summed E-state index contributed by atoms with van der Waals surface area (Å²) in [6.07, 6.45) is 17.7. The fourth-order valence-corrected chi connectivity index (χ4v) is 7.74. The molecule has 0 spiro atoms. The van der Waals surface area contributed by atoms with Crippen LogP contribution in [0.5, 0.6) is 0 Å². The van der Waals surface area contributed by atoms with Crippen LogP contribution in [0.1, 0.15) is 23.9 Å². The fourth-order valence-electron chi connectivity index (χ4n) is 7.74. The van der Waals surface area contributed by atoms with Crippen molar-refractivity contribution in [3.63, 3.8) is 0 Å². The fraction of sp³-hybridized carbons (Fsp3) is 0.116. The minimum atomic E-state index is -0.236. The summed E-state index contributed by atoms with van der Waals surface area (Å²) < 4.78 is 2.41. The van der Waals surface area contributed by atoms with Gasteiger partial charge in [0.2, 0.25) is 0 Å². The monoisotopic (exact) mass is 606 g/mol. The first kappa shape index (κ1) is 27.6. The quantitative estimate of drug-likeness (QED) is 0.205. The van der Waals surface area contributed by atoms with Gasteiger partial charge in [0.25, 0.3) is 0 Å². The lowest BCUT2D eigenvalue weighted by Gasteiger charge is -2.38. The van der Waals surface area contributed by atoms with Crippen LogP contribution < -0.4 is 10.4 Å². The van der Waals surface area contributed by atoms with Crippen LogP contribution in [0.2, 0.25) is 0 Å². The number of allylic oxidation sites excluding steroid dienone is 4. The van der Waals surface area contributed by atoms with Gasteiger partial charge in [-0.15, -0.1) is 0 Å². The first-order valence-corrected chi connectivity index (χ1v) is 16.3. The zero-order chi connectivity index (χ0) is 31.5. The maximum absolute atomic E-state index is 5.38. The van der Waals surface area contributed by atoms with Crippen LogP contribution in [0.3, 0.4) is 0 Å². The Hall–Kier alpha value is -5.74. The second-order valence-electron chi connectivity index (χ2n) is 13.0. The highest BCUT2D eigenvalue weighted by molar-refractivity contribution is 5.91. The number of para-hydroxylation sites is 1. The molecule has 0 saturated carbocycles. The summed E-state index contributed by atoms with van der Waals surface area (Å²) >= 11 is 0. The van der Waals surface area contributed by atoms with Crippen LogP contribution in [0.25, 0.3) is 56.8 Å². The topological polar surface area (TPSA) is 34.0 Å². The van der Waals surface area contributed by atoms with E-state index in [0.29, 0.717) is 0 Å². The number of benzene rings is 3. The van der Waals surface area contributed by atoms with Gasteiger partial charge < -0.3 is 9.47 Å². The molecule has 2 unspecified atom stereocenters. The predicted octanol–water partition coefficient (Wildman–Crippen LogP) is 7.91. The van der Waals surface area contributed by atoms with E-state index in [1.165, 1.54) is 38.2 Å². The van der Waals surface area contributed by atoms with E-state index in [4.69, 9.17) is 9.97 Å². The second kappa shape index (κ2) is 10.7. The molecular formula is C43H34N4. The molecule has 0 bridgehead atoms. The molecule has 47 heavy (non-hydrogen) atoms. The molecule has 2 aliphatic carbocycles. The minimum Gasteiger partial charge on any atom is -0.376 e. The lowest BCUT2D eigenvalue weighted by atomic mass is 9.65. The summed E-state index contributed by atoms with van der Waals surface area (Å²) in [5.74, 6) is 0.241. The van der Waals surface area contributed by atoms with Crippen LogP contribution in [-0.2, 0) is 6.54 Å². The van der Waals surface area contributed by atoms with Gasteiger partial charge in [-0.3, -0.25) is 4.98 Å². The van der Waals surface area contributed by atoms with E-state index < -0.39 is 0 Å². The standard InChI is InChI=1S/C43H34N4/c1-43-21-9-7-14-32(43)24-30-12-3-4-16-34(30)42(43)39-27-31(26-38(45-39)37-18-8-10-22-44-37)29-13-11-15-33(25-29)47-40-19-6-5-17-35(40)36-28-46(2)23-20-41(36)47/h3-27,32H,28H2,1-2H3. The van der Waals surface area contributed by atoms with Gasteiger partial charge in [-0.1, -0.05) is 98.0 Å². The average molecular weight is 607 g/mol. The number of nitrogens with zero attached hydrogens (tertiary/aromatic N) is 4. The van der Waals surface area contributed by atoms with Gasteiger partial charge >= 0.3 is 0 Å². The van der Waals surface area contributed by atoms with Crippen molar-refractivity contribution in [2.45, 2.75) is 13.5 Å². The Labute approximate surface area is 274 Å². The molecule has 0 N–H and O–H groups in total. The van der Waals surface area contributed by atoms with Gasteiger partial charge in [0.15, 0.2) is 0 Å². The van der Waals surface area contributed by atoms with Crippen LogP contribution in [0, 0.1) is 11.3 Å². The smallest absolute Gasteiger partial charge is 0.0899 e. The van der Waals surface area contributed by atoms with Crippen LogP contribution in [-0.4, -0.2) is 26.5 Å². The van der Waals surface area contributed by atoms with E-state index in [2.05, 4.69) is 157 Å². The molecule has 2 atom stereocenters. The van der Waals surface area contributed by atoms with Crippen molar-refractivity contribution in [2.24, 2.45) is 11.3 Å². The van der Waals surface area contributed by atoms with E-state index in [0.717, 1.165) is 40.4 Å². The lowest BCUT2D eigenvalue weighted by molar-refractivity contribution is 0.449. The Morgan fingerprint density at radius 1 is 0.787 bits per heavy atom. The molecule has 9 rings (SSSR count). The van der Waals surface area contributed by atoms with Crippen molar-refractivity contribution in [1.82, 2.24) is 19.4 Å². The normalized spacial score (nSPS) is 19.3. The van der Waals surface area contributed by atoms with Crippen LogP contribution in [0.4, 0.5) is 0 Å². The van der Waals surface area contributed by atoms with Crippen LogP contribution in [0.15, 0.2) is 140 Å². The first-order valence-electron chi connectivity index (χ1n) is 16.3. The van der Waals surface area contributed by atoms with E-state index in [9.17, 15) is 0 Å². The minimum absolute atomic E-state index is 0.236. The second-order valence-corrected chi connectivity index (χ2v) is 13.0. The maximum atomic E-state index is 5.38. The lowest BCUT2D eigenvalue weighted by Crippen LogP contribution is -2.42. The highest BCUT2D eigenvalue weighted by Crippen LogP contribution is 2.46. The molecule has 1 aliphatic heterocycles. The summed E-state index contributed by atoms with van der Waals surface area (Å²) in [5, 5.41) is 3.79. The van der Waals surface area contributed by atoms with Crippen molar-refractivity contribution >= 4 is 28.6 Å². The van der Waals surface area contributed by atoms with Crippen molar-refractivity contribution < 1.29 is 0 Å². The number of aromatic nitrogens is 3. The zero-order valence-electron chi connectivity index (χ0n) is 26.5. The molecule has 4 heterocycles. The molecule has 3 aromatic heterocycles. The third kappa shape index (κ3) is 4.44. The molecule has 3 aromatic carbocycles. The molecule has 0 saturated heterocycles. The van der Waals surface area contributed by atoms with Gasteiger partial charge in [0, 0.05) is 54.0 Å². The van der Waals surface area contributed by atoms with Gasteiger partial charge in [0.1, 0.15) is 0 Å². The zero-order valence-corrected chi connectivity index (χ0v) is 26.5. The van der Waals surface area contributed by atoms with Crippen molar-refractivity contribution in [3.8, 4) is 28.2 Å². The largest absolute Gasteiger partial charge is 0.376 e. The highest BCUT2D eigenvalue weighted by Gasteiger charge is 2.38. The molecule has 3 aliphatic rings. The molecule has 226 valence electrons. The van der Waals surface area contributed by atoms with Crippen molar-refractivity contribution in [1.29, 1.82) is 0 Å². The Balaban J connectivity index is 1.28. The van der Waals surface area contributed by atoms with E-state index in [1.807, 2.05) is 18.3 Å². The van der Waals surface area contributed by atoms with Gasteiger partial charge in [-0.2, -0.15) is 0 Å². The van der Waals surface area contributed by atoms with Gasteiger partial charge in [-0.05, 0) is 75.7 Å². The van der Waals surface area contributed by atoms with Crippen LogP contribution >= 0.6 is 0 Å².